The van der Waals surface area contributed by atoms with Gasteiger partial charge in [0.25, 0.3) is 0 Å². The molecule has 128 valence electrons. The third-order valence-electron chi connectivity index (χ3n) is 4.30. The van der Waals surface area contributed by atoms with E-state index in [1.807, 2.05) is 18.9 Å². The van der Waals surface area contributed by atoms with Gasteiger partial charge in [0.2, 0.25) is 5.82 Å². The van der Waals surface area contributed by atoms with Crippen molar-refractivity contribution in [3.8, 4) is 0 Å². The molecule has 0 radical (unpaired) electrons. The molecule has 24 heavy (non-hydrogen) atoms. The summed E-state index contributed by atoms with van der Waals surface area (Å²) in [6.07, 6.45) is 1.66. The Morgan fingerprint density at radius 3 is 2.38 bits per heavy atom. The molecule has 0 unspecified atom stereocenters. The molecule has 3 rings (SSSR count). The third-order valence-corrected chi connectivity index (χ3v) is 4.30. The third kappa shape index (κ3) is 2.72. The van der Waals surface area contributed by atoms with E-state index in [9.17, 15) is 10.1 Å². The van der Waals surface area contributed by atoms with E-state index >= 15 is 0 Å². The summed E-state index contributed by atoms with van der Waals surface area (Å²) in [4.78, 5) is 19.3. The van der Waals surface area contributed by atoms with Crippen molar-refractivity contribution in [3.63, 3.8) is 0 Å². The summed E-state index contributed by atoms with van der Waals surface area (Å²) in [5, 5.41) is 15.6. The van der Waals surface area contributed by atoms with Crippen molar-refractivity contribution in [1.29, 1.82) is 0 Å². The van der Waals surface area contributed by atoms with Crippen LogP contribution in [0, 0.1) is 24.0 Å². The highest BCUT2D eigenvalue weighted by atomic mass is 16.6. The van der Waals surface area contributed by atoms with Gasteiger partial charge in [-0.2, -0.15) is 5.10 Å². The molecule has 3 heterocycles. The first-order valence-corrected chi connectivity index (χ1v) is 7.78. The standard InChI is InChI=1S/C15H21N7O2/c1-10-8-12(22(23)24)14(17-9-10)20-4-6-21(7-5-20)15-13(16)11(2)18-19(15)3/h8-9H,4-7,16H2,1-3H3. The number of nitro groups is 1. The van der Waals surface area contributed by atoms with E-state index in [1.165, 1.54) is 0 Å². The number of anilines is 3. The molecule has 0 amide bonds. The van der Waals surface area contributed by atoms with Crippen LogP contribution in [-0.2, 0) is 7.05 Å². The van der Waals surface area contributed by atoms with Crippen molar-refractivity contribution in [2.45, 2.75) is 13.8 Å². The quantitative estimate of drug-likeness (QED) is 0.666. The van der Waals surface area contributed by atoms with Gasteiger partial charge in [-0.3, -0.25) is 14.8 Å². The van der Waals surface area contributed by atoms with E-state index in [0.29, 0.717) is 37.7 Å². The molecule has 1 aliphatic rings. The summed E-state index contributed by atoms with van der Waals surface area (Å²) in [5.41, 5.74) is 8.45. The second kappa shape index (κ2) is 5.99. The monoisotopic (exact) mass is 331 g/mol. The SMILES string of the molecule is Cc1cnc(N2CCN(c3c(N)c(C)nn3C)CC2)c([N+](=O)[O-])c1. The van der Waals surface area contributed by atoms with Gasteiger partial charge in [0.1, 0.15) is 0 Å². The Bertz CT molecular complexity index is 778. The minimum absolute atomic E-state index is 0.0549. The molecule has 0 spiro atoms. The molecule has 1 saturated heterocycles. The summed E-state index contributed by atoms with van der Waals surface area (Å²) in [6.45, 7) is 6.37. The molecular weight excluding hydrogens is 310 g/mol. The maximum absolute atomic E-state index is 11.3. The molecule has 9 heteroatoms. The smallest absolute Gasteiger partial charge is 0.311 e. The summed E-state index contributed by atoms with van der Waals surface area (Å²) in [7, 11) is 1.87. The number of aromatic nitrogens is 3. The molecule has 0 bridgehead atoms. The van der Waals surface area contributed by atoms with Gasteiger partial charge in [0.15, 0.2) is 5.82 Å². The number of piperazine rings is 1. The topological polar surface area (TPSA) is 106 Å². The van der Waals surface area contributed by atoms with Crippen LogP contribution >= 0.6 is 0 Å². The van der Waals surface area contributed by atoms with Crippen LogP contribution in [0.1, 0.15) is 11.3 Å². The zero-order valence-corrected chi connectivity index (χ0v) is 14.1. The van der Waals surface area contributed by atoms with Gasteiger partial charge in [0.05, 0.1) is 16.3 Å². The van der Waals surface area contributed by atoms with E-state index in [-0.39, 0.29) is 10.6 Å². The average molecular weight is 331 g/mol. The fraction of sp³-hybridized carbons (Fsp3) is 0.467. The van der Waals surface area contributed by atoms with Crippen molar-refractivity contribution >= 4 is 23.0 Å². The van der Waals surface area contributed by atoms with Crippen LogP contribution in [-0.4, -0.2) is 45.9 Å². The summed E-state index contributed by atoms with van der Waals surface area (Å²) >= 11 is 0. The van der Waals surface area contributed by atoms with E-state index < -0.39 is 0 Å². The second-order valence-electron chi connectivity index (χ2n) is 6.03. The molecule has 1 fully saturated rings. The van der Waals surface area contributed by atoms with Gasteiger partial charge in [-0.15, -0.1) is 0 Å². The number of hydrogen-bond acceptors (Lipinski definition) is 7. The fourth-order valence-electron chi connectivity index (χ4n) is 3.09. The molecular formula is C15H21N7O2. The Morgan fingerprint density at radius 1 is 1.21 bits per heavy atom. The first-order chi connectivity index (χ1) is 11.4. The Hall–Kier alpha value is -2.84. The zero-order chi connectivity index (χ0) is 17.4. The molecule has 0 aromatic carbocycles. The van der Waals surface area contributed by atoms with Gasteiger partial charge >= 0.3 is 5.69 Å². The molecule has 0 saturated carbocycles. The molecule has 2 N–H and O–H groups in total. The number of nitrogen functional groups attached to an aromatic ring is 1. The molecule has 0 atom stereocenters. The highest BCUT2D eigenvalue weighted by Crippen LogP contribution is 2.30. The van der Waals surface area contributed by atoms with Gasteiger partial charge < -0.3 is 15.5 Å². The molecule has 1 aliphatic heterocycles. The van der Waals surface area contributed by atoms with Crippen LogP contribution in [0.5, 0.6) is 0 Å². The second-order valence-corrected chi connectivity index (χ2v) is 6.03. The molecule has 0 aliphatic carbocycles. The van der Waals surface area contributed by atoms with Crippen LogP contribution in [0.25, 0.3) is 0 Å². The normalized spacial score (nSPS) is 15.0. The van der Waals surface area contributed by atoms with Crippen molar-refractivity contribution < 1.29 is 4.92 Å². The van der Waals surface area contributed by atoms with Crippen LogP contribution in [0.4, 0.5) is 23.0 Å². The number of pyridine rings is 1. The largest absolute Gasteiger partial charge is 0.394 e. The molecule has 9 nitrogen and oxygen atoms in total. The zero-order valence-electron chi connectivity index (χ0n) is 14.1. The lowest BCUT2D eigenvalue weighted by atomic mass is 10.2. The van der Waals surface area contributed by atoms with E-state index in [1.54, 1.807) is 23.9 Å². The van der Waals surface area contributed by atoms with Crippen molar-refractivity contribution in [2.75, 3.05) is 41.7 Å². The first kappa shape index (κ1) is 16.0. The van der Waals surface area contributed by atoms with Crippen LogP contribution in [0.2, 0.25) is 0 Å². The maximum Gasteiger partial charge on any atom is 0.311 e. The highest BCUT2D eigenvalue weighted by molar-refractivity contribution is 5.67. The number of nitrogens with two attached hydrogens (primary N) is 1. The minimum atomic E-state index is -0.371. The Balaban J connectivity index is 1.80. The van der Waals surface area contributed by atoms with E-state index in [0.717, 1.165) is 17.1 Å². The van der Waals surface area contributed by atoms with Crippen molar-refractivity contribution in [3.05, 3.63) is 33.6 Å². The lowest BCUT2D eigenvalue weighted by Crippen LogP contribution is -2.47. The van der Waals surface area contributed by atoms with E-state index in [4.69, 9.17) is 5.73 Å². The van der Waals surface area contributed by atoms with Gasteiger partial charge in [-0.1, -0.05) is 0 Å². The summed E-state index contributed by atoms with van der Waals surface area (Å²) in [6, 6.07) is 1.57. The number of aryl methyl sites for hydroxylation is 3. The van der Waals surface area contributed by atoms with Gasteiger partial charge in [0, 0.05) is 45.5 Å². The van der Waals surface area contributed by atoms with Crippen LogP contribution in [0.15, 0.2) is 12.3 Å². The Morgan fingerprint density at radius 2 is 1.83 bits per heavy atom. The van der Waals surface area contributed by atoms with Crippen LogP contribution < -0.4 is 15.5 Å². The lowest BCUT2D eigenvalue weighted by molar-refractivity contribution is -0.384. The number of rotatable bonds is 3. The lowest BCUT2D eigenvalue weighted by Gasteiger charge is -2.36. The van der Waals surface area contributed by atoms with Crippen LogP contribution in [0.3, 0.4) is 0 Å². The number of nitrogens with zero attached hydrogens (tertiary/aromatic N) is 6. The fourth-order valence-corrected chi connectivity index (χ4v) is 3.09. The van der Waals surface area contributed by atoms with Crippen molar-refractivity contribution in [1.82, 2.24) is 14.8 Å². The van der Waals surface area contributed by atoms with Gasteiger partial charge in [-0.25, -0.2) is 4.98 Å². The molecule has 2 aromatic rings. The highest BCUT2D eigenvalue weighted by Gasteiger charge is 2.27. The first-order valence-electron chi connectivity index (χ1n) is 7.78. The Kier molecular flexibility index (Phi) is 4.00. The van der Waals surface area contributed by atoms with E-state index in [2.05, 4.69) is 15.0 Å². The molecule has 2 aromatic heterocycles. The maximum atomic E-state index is 11.3. The van der Waals surface area contributed by atoms with Gasteiger partial charge in [-0.05, 0) is 19.4 Å². The predicted molar refractivity (Wildman–Crippen MR) is 92.4 cm³/mol. The minimum Gasteiger partial charge on any atom is -0.394 e. The van der Waals surface area contributed by atoms with Crippen molar-refractivity contribution in [2.24, 2.45) is 7.05 Å². The number of hydrogen-bond donors (Lipinski definition) is 1. The average Bonchev–Trinajstić information content (AvgIpc) is 2.80. The predicted octanol–water partition coefficient (Wildman–Crippen LogP) is 1.25. The summed E-state index contributed by atoms with van der Waals surface area (Å²) in [5.74, 6) is 1.33. The Labute approximate surface area is 139 Å². The summed E-state index contributed by atoms with van der Waals surface area (Å²) < 4.78 is 1.78.